The quantitative estimate of drug-likeness (QED) is 0.858. The van der Waals surface area contributed by atoms with E-state index in [1.165, 1.54) is 5.56 Å². The summed E-state index contributed by atoms with van der Waals surface area (Å²) in [4.78, 5) is 12.2. The summed E-state index contributed by atoms with van der Waals surface area (Å²) >= 11 is 0. The van der Waals surface area contributed by atoms with Crippen molar-refractivity contribution in [2.75, 3.05) is 0 Å². The zero-order chi connectivity index (χ0) is 15.7. The number of aromatic nitrogens is 2. The van der Waals surface area contributed by atoms with Gasteiger partial charge in [-0.05, 0) is 53.5 Å². The Kier molecular flexibility index (Phi) is 4.64. The first-order valence-electron chi connectivity index (χ1n) is 7.03. The smallest absolute Gasteiger partial charge is 0.328 e. The molecule has 0 aliphatic heterocycles. The Morgan fingerprint density at radius 1 is 1.30 bits per heavy atom. The number of hydrogen-bond acceptors (Lipinski definition) is 4. The van der Waals surface area contributed by atoms with E-state index in [0.717, 1.165) is 17.8 Å². The summed E-state index contributed by atoms with van der Waals surface area (Å²) in [6.45, 7) is 13.6. The summed E-state index contributed by atoms with van der Waals surface area (Å²) in [5, 5.41) is 4.47. The molecule has 0 bridgehead atoms. The van der Waals surface area contributed by atoms with Crippen LogP contribution in [0, 0.1) is 13.8 Å². The highest BCUT2D eigenvalue weighted by Crippen LogP contribution is 2.18. The molecular weight excluding hydrogens is 254 g/mol. The molecule has 0 fully saturated rings. The normalized spacial score (nSPS) is 15.0. The van der Waals surface area contributed by atoms with Crippen molar-refractivity contribution in [3.63, 3.8) is 0 Å². The fraction of sp³-hybridized carbons (Fsp3) is 0.733. The molecule has 0 saturated heterocycles. The molecule has 2 N–H and O–H groups in total. The highest BCUT2D eigenvalue weighted by atomic mass is 16.6. The van der Waals surface area contributed by atoms with E-state index in [1.807, 2.05) is 34.6 Å². The summed E-state index contributed by atoms with van der Waals surface area (Å²) in [6.07, 6.45) is 0.922. The number of aryl methyl sites for hydroxylation is 1. The van der Waals surface area contributed by atoms with E-state index in [0.29, 0.717) is 6.54 Å². The minimum Gasteiger partial charge on any atom is -0.459 e. The Hall–Kier alpha value is -1.36. The number of esters is 1. The standard InChI is InChI=1S/C15H27N3O2/c1-8-12-10(2)17-18(11(12)3)9-15(7,16)13(19)20-14(4,5)6/h8-9,16H2,1-7H3. The summed E-state index contributed by atoms with van der Waals surface area (Å²) in [5.74, 6) is -0.407. The number of nitrogens with two attached hydrogens (primary N) is 1. The van der Waals surface area contributed by atoms with Crippen molar-refractivity contribution in [3.05, 3.63) is 17.0 Å². The largest absolute Gasteiger partial charge is 0.459 e. The molecule has 0 saturated carbocycles. The van der Waals surface area contributed by atoms with E-state index in [-0.39, 0.29) is 0 Å². The zero-order valence-electron chi connectivity index (χ0n) is 13.7. The van der Waals surface area contributed by atoms with Crippen LogP contribution < -0.4 is 5.73 Å². The van der Waals surface area contributed by atoms with Crippen molar-refractivity contribution >= 4 is 5.97 Å². The zero-order valence-corrected chi connectivity index (χ0v) is 13.7. The molecular formula is C15H27N3O2. The summed E-state index contributed by atoms with van der Waals surface area (Å²) in [7, 11) is 0. The van der Waals surface area contributed by atoms with Crippen molar-refractivity contribution in [2.45, 2.75) is 72.6 Å². The van der Waals surface area contributed by atoms with Crippen molar-refractivity contribution in [1.29, 1.82) is 0 Å². The second-order valence-electron chi connectivity index (χ2n) is 6.58. The van der Waals surface area contributed by atoms with Crippen molar-refractivity contribution in [2.24, 2.45) is 5.73 Å². The molecule has 5 heteroatoms. The molecule has 1 rings (SSSR count). The predicted molar refractivity (Wildman–Crippen MR) is 79.5 cm³/mol. The highest BCUT2D eigenvalue weighted by Gasteiger charge is 2.34. The third-order valence-electron chi connectivity index (χ3n) is 3.23. The van der Waals surface area contributed by atoms with E-state index in [4.69, 9.17) is 10.5 Å². The van der Waals surface area contributed by atoms with E-state index in [9.17, 15) is 4.79 Å². The van der Waals surface area contributed by atoms with Crippen molar-refractivity contribution in [3.8, 4) is 0 Å². The lowest BCUT2D eigenvalue weighted by atomic mass is 10.0. The average Bonchev–Trinajstić information content (AvgIpc) is 2.50. The molecule has 0 aliphatic rings. The second kappa shape index (κ2) is 5.56. The van der Waals surface area contributed by atoms with E-state index in [1.54, 1.807) is 11.6 Å². The van der Waals surface area contributed by atoms with Crippen LogP contribution in [0.25, 0.3) is 0 Å². The van der Waals surface area contributed by atoms with Crippen LogP contribution in [-0.4, -0.2) is 26.9 Å². The summed E-state index contributed by atoms with van der Waals surface area (Å²) in [5.41, 5.74) is 7.76. The lowest BCUT2D eigenvalue weighted by Gasteiger charge is -2.28. The molecule has 114 valence electrons. The SMILES string of the molecule is CCc1c(C)nn(CC(C)(N)C(=O)OC(C)(C)C)c1C. The third-order valence-corrected chi connectivity index (χ3v) is 3.23. The van der Waals surface area contributed by atoms with Crippen LogP contribution in [0.1, 0.15) is 51.6 Å². The van der Waals surface area contributed by atoms with Gasteiger partial charge in [0.2, 0.25) is 0 Å². The Balaban J connectivity index is 2.94. The number of hydrogen-bond donors (Lipinski definition) is 1. The second-order valence-corrected chi connectivity index (χ2v) is 6.58. The highest BCUT2D eigenvalue weighted by molar-refractivity contribution is 5.80. The molecule has 1 aromatic rings. The first-order valence-corrected chi connectivity index (χ1v) is 7.03. The molecule has 1 heterocycles. The minimum atomic E-state index is -1.10. The van der Waals surface area contributed by atoms with Gasteiger partial charge in [0.15, 0.2) is 0 Å². The van der Waals surface area contributed by atoms with Gasteiger partial charge in [0, 0.05) is 5.69 Å². The van der Waals surface area contributed by atoms with Gasteiger partial charge in [0.1, 0.15) is 11.1 Å². The van der Waals surface area contributed by atoms with Crippen LogP contribution >= 0.6 is 0 Å². The fourth-order valence-electron chi connectivity index (χ4n) is 2.17. The molecule has 0 aliphatic carbocycles. The lowest BCUT2D eigenvalue weighted by molar-refractivity contribution is -0.161. The maximum Gasteiger partial charge on any atom is 0.328 e. The summed E-state index contributed by atoms with van der Waals surface area (Å²) in [6, 6.07) is 0. The van der Waals surface area contributed by atoms with Crippen LogP contribution in [-0.2, 0) is 22.5 Å². The monoisotopic (exact) mass is 281 g/mol. The van der Waals surface area contributed by atoms with E-state index in [2.05, 4.69) is 12.0 Å². The maximum atomic E-state index is 12.2. The number of nitrogens with zero attached hydrogens (tertiary/aromatic N) is 2. The van der Waals surface area contributed by atoms with E-state index >= 15 is 0 Å². The molecule has 0 amide bonds. The third kappa shape index (κ3) is 3.82. The Morgan fingerprint density at radius 3 is 2.25 bits per heavy atom. The molecule has 20 heavy (non-hydrogen) atoms. The van der Waals surface area contributed by atoms with Gasteiger partial charge in [-0.1, -0.05) is 6.92 Å². The van der Waals surface area contributed by atoms with Crippen LogP contribution in [0.4, 0.5) is 0 Å². The lowest BCUT2D eigenvalue weighted by Crippen LogP contribution is -2.51. The van der Waals surface area contributed by atoms with Gasteiger partial charge < -0.3 is 10.5 Å². The minimum absolute atomic E-state index is 0.314. The number of rotatable bonds is 4. The molecule has 5 nitrogen and oxygen atoms in total. The maximum absolute atomic E-state index is 12.2. The Bertz CT molecular complexity index is 496. The predicted octanol–water partition coefficient (Wildman–Crippen LogP) is 2.12. The number of ether oxygens (including phenoxy) is 1. The molecule has 0 aromatic carbocycles. The first-order chi connectivity index (χ1) is 8.98. The molecule has 1 aromatic heterocycles. The van der Waals surface area contributed by atoms with Crippen LogP contribution in [0.2, 0.25) is 0 Å². The van der Waals surface area contributed by atoms with Gasteiger partial charge in [-0.25, -0.2) is 4.79 Å². The number of carbonyl (C=O) groups excluding carboxylic acids is 1. The number of carbonyl (C=O) groups is 1. The fourth-order valence-corrected chi connectivity index (χ4v) is 2.17. The molecule has 1 atom stereocenters. The van der Waals surface area contributed by atoms with Crippen LogP contribution in [0.15, 0.2) is 0 Å². The van der Waals surface area contributed by atoms with Gasteiger partial charge in [-0.3, -0.25) is 4.68 Å². The van der Waals surface area contributed by atoms with Gasteiger partial charge in [0.25, 0.3) is 0 Å². The molecule has 1 unspecified atom stereocenters. The topological polar surface area (TPSA) is 70.1 Å². The summed E-state index contributed by atoms with van der Waals surface area (Å²) < 4.78 is 7.18. The average molecular weight is 281 g/mol. The van der Waals surface area contributed by atoms with Gasteiger partial charge in [0.05, 0.1) is 12.2 Å². The van der Waals surface area contributed by atoms with Gasteiger partial charge in [-0.2, -0.15) is 5.10 Å². The van der Waals surface area contributed by atoms with Crippen LogP contribution in [0.3, 0.4) is 0 Å². The van der Waals surface area contributed by atoms with E-state index < -0.39 is 17.1 Å². The Labute approximate surface area is 121 Å². The Morgan fingerprint density at radius 2 is 1.85 bits per heavy atom. The first kappa shape index (κ1) is 16.7. The van der Waals surface area contributed by atoms with Crippen molar-refractivity contribution < 1.29 is 9.53 Å². The van der Waals surface area contributed by atoms with Crippen molar-refractivity contribution in [1.82, 2.24) is 9.78 Å². The molecule has 0 spiro atoms. The van der Waals surface area contributed by atoms with Gasteiger partial charge >= 0.3 is 5.97 Å². The van der Waals surface area contributed by atoms with Crippen LogP contribution in [0.5, 0.6) is 0 Å². The van der Waals surface area contributed by atoms with Gasteiger partial charge in [-0.15, -0.1) is 0 Å². The molecule has 0 radical (unpaired) electrons.